The molecular weight excluding hydrogens is 574 g/mol. The first kappa shape index (κ1) is 27.1. The van der Waals surface area contributed by atoms with E-state index in [0.29, 0.717) is 27.7 Å². The first-order chi connectivity index (χ1) is 19.0. The lowest BCUT2D eigenvalue weighted by molar-refractivity contribution is -0.137. The van der Waals surface area contributed by atoms with Crippen molar-refractivity contribution in [3.63, 3.8) is 0 Å². The van der Waals surface area contributed by atoms with Crippen molar-refractivity contribution < 1.29 is 27.2 Å². The average molecular weight is 590 g/mol. The van der Waals surface area contributed by atoms with Gasteiger partial charge in [-0.05, 0) is 30.7 Å². The van der Waals surface area contributed by atoms with E-state index in [9.17, 15) is 27.2 Å². The van der Waals surface area contributed by atoms with Crippen LogP contribution in [0.2, 0.25) is 5.02 Å². The van der Waals surface area contributed by atoms with Gasteiger partial charge in [0.05, 0.1) is 33.9 Å². The van der Waals surface area contributed by atoms with Crippen molar-refractivity contribution in [3.8, 4) is 11.1 Å². The van der Waals surface area contributed by atoms with Crippen LogP contribution in [0.5, 0.6) is 0 Å². The molecule has 5 aromatic heterocycles. The van der Waals surface area contributed by atoms with Crippen LogP contribution in [-0.2, 0) is 6.18 Å². The van der Waals surface area contributed by atoms with Gasteiger partial charge in [-0.2, -0.15) is 22.7 Å². The number of amides is 2. The molecular formula is C25H16ClF4N7O2S. The fourth-order valence-corrected chi connectivity index (χ4v) is 4.76. The van der Waals surface area contributed by atoms with Gasteiger partial charge in [-0.15, -0.1) is 11.3 Å². The lowest BCUT2D eigenvalue weighted by Gasteiger charge is -2.11. The Morgan fingerprint density at radius 3 is 2.62 bits per heavy atom. The summed E-state index contributed by atoms with van der Waals surface area (Å²) in [4.78, 5) is 37.0. The Labute approximate surface area is 231 Å². The first-order valence-corrected chi connectivity index (χ1v) is 12.6. The summed E-state index contributed by atoms with van der Waals surface area (Å²) in [6.07, 6.45) is 0.476. The molecule has 0 bridgehead atoms. The van der Waals surface area contributed by atoms with E-state index in [1.807, 2.05) is 0 Å². The number of pyridine rings is 3. The van der Waals surface area contributed by atoms with Gasteiger partial charge < -0.3 is 10.6 Å². The molecule has 0 aliphatic heterocycles. The molecule has 5 rings (SSSR count). The molecule has 15 heteroatoms. The summed E-state index contributed by atoms with van der Waals surface area (Å²) >= 11 is 6.65. The smallest absolute Gasteiger partial charge is 0.343 e. The zero-order chi connectivity index (χ0) is 28.6. The van der Waals surface area contributed by atoms with Gasteiger partial charge in [0.25, 0.3) is 11.8 Å². The number of nitrogens with zero attached hydrogens (tertiary/aromatic N) is 5. The minimum absolute atomic E-state index is 0.0672. The van der Waals surface area contributed by atoms with Crippen molar-refractivity contribution in [2.75, 3.05) is 5.32 Å². The molecule has 0 radical (unpaired) electrons. The van der Waals surface area contributed by atoms with E-state index in [1.54, 1.807) is 31.3 Å². The topological polar surface area (TPSA) is 114 Å². The molecule has 0 fully saturated rings. The number of nitrogens with one attached hydrogen (secondary N) is 2. The lowest BCUT2D eigenvalue weighted by Crippen LogP contribution is -2.26. The number of hydrogen-bond donors (Lipinski definition) is 2. The molecule has 2 amide bonds. The number of fused-ring (bicyclic) bond motifs is 1. The average Bonchev–Trinajstić information content (AvgIpc) is 3.57. The zero-order valence-corrected chi connectivity index (χ0v) is 21.8. The van der Waals surface area contributed by atoms with Gasteiger partial charge in [0.2, 0.25) is 5.95 Å². The standard InChI is InChI=1S/C25H16ClF4N7O2S/c1-12(24-35-18(11-40-24)23(39)36-21-7-16(25(28,29)30)17(26)9-32-21)34-22(38)15-8-33-37-10-14(2-3-19(15)37)13-4-5-31-20(27)6-13/h2-12H,1H3,(H,34,38)(H,32,36,39). The molecule has 0 aromatic carbocycles. The molecule has 2 N–H and O–H groups in total. The second-order valence-electron chi connectivity index (χ2n) is 8.44. The highest BCUT2D eigenvalue weighted by Gasteiger charge is 2.34. The summed E-state index contributed by atoms with van der Waals surface area (Å²) in [5.41, 5.74) is 0.862. The van der Waals surface area contributed by atoms with Crippen molar-refractivity contribution in [1.29, 1.82) is 0 Å². The second-order valence-corrected chi connectivity index (χ2v) is 9.74. The highest BCUT2D eigenvalue weighted by atomic mass is 35.5. The third-order valence-electron chi connectivity index (χ3n) is 5.70. The van der Waals surface area contributed by atoms with Crippen molar-refractivity contribution in [1.82, 2.24) is 29.9 Å². The van der Waals surface area contributed by atoms with Crippen LogP contribution < -0.4 is 10.6 Å². The van der Waals surface area contributed by atoms with Crippen LogP contribution in [0.1, 0.15) is 44.4 Å². The fourth-order valence-electron chi connectivity index (χ4n) is 3.74. The summed E-state index contributed by atoms with van der Waals surface area (Å²) in [5, 5.41) is 10.5. The molecule has 0 saturated heterocycles. The van der Waals surface area contributed by atoms with Crippen molar-refractivity contribution in [3.05, 3.63) is 93.3 Å². The fraction of sp³-hybridized carbons (Fsp3) is 0.120. The summed E-state index contributed by atoms with van der Waals surface area (Å²) < 4.78 is 54.2. The SMILES string of the molecule is CC(NC(=O)c1cnn2cc(-c3ccnc(F)c3)ccc12)c1nc(C(=O)Nc2cc(C(F)(F)F)c(Cl)cn2)cs1. The normalized spacial score (nSPS) is 12.3. The summed E-state index contributed by atoms with van der Waals surface area (Å²) in [5.74, 6) is -2.19. The molecule has 1 unspecified atom stereocenters. The number of alkyl halides is 3. The Bertz CT molecular complexity index is 1750. The maximum atomic E-state index is 13.5. The van der Waals surface area contributed by atoms with Gasteiger partial charge in [0, 0.05) is 35.6 Å². The Morgan fingerprint density at radius 2 is 1.88 bits per heavy atom. The number of rotatable bonds is 6. The molecule has 204 valence electrons. The van der Waals surface area contributed by atoms with Crippen LogP contribution in [0.3, 0.4) is 0 Å². The van der Waals surface area contributed by atoms with Crippen LogP contribution in [0.25, 0.3) is 16.6 Å². The molecule has 0 aliphatic rings. The highest BCUT2D eigenvalue weighted by Crippen LogP contribution is 2.35. The van der Waals surface area contributed by atoms with Gasteiger partial charge in [0.1, 0.15) is 16.5 Å². The minimum atomic E-state index is -4.72. The third-order valence-corrected chi connectivity index (χ3v) is 7.02. The van der Waals surface area contributed by atoms with Crippen LogP contribution in [0, 0.1) is 5.95 Å². The van der Waals surface area contributed by atoms with Crippen LogP contribution in [0.4, 0.5) is 23.4 Å². The quantitative estimate of drug-likeness (QED) is 0.191. The minimum Gasteiger partial charge on any atom is -0.343 e. The predicted octanol–water partition coefficient (Wildman–Crippen LogP) is 5.80. The highest BCUT2D eigenvalue weighted by molar-refractivity contribution is 7.09. The Morgan fingerprint density at radius 1 is 1.07 bits per heavy atom. The molecule has 1 atom stereocenters. The van der Waals surface area contributed by atoms with E-state index in [4.69, 9.17) is 11.6 Å². The molecule has 5 heterocycles. The van der Waals surface area contributed by atoms with Crippen molar-refractivity contribution >= 4 is 46.1 Å². The van der Waals surface area contributed by atoms with Crippen LogP contribution in [0.15, 0.2) is 60.5 Å². The molecule has 5 aromatic rings. The first-order valence-electron chi connectivity index (χ1n) is 11.4. The molecule has 0 spiro atoms. The van der Waals surface area contributed by atoms with E-state index >= 15 is 0 Å². The number of anilines is 1. The number of halogens is 5. The van der Waals surface area contributed by atoms with E-state index in [2.05, 4.69) is 30.7 Å². The van der Waals surface area contributed by atoms with Gasteiger partial charge >= 0.3 is 6.18 Å². The Hall–Kier alpha value is -4.43. The number of thiazole rings is 1. The maximum absolute atomic E-state index is 13.5. The summed E-state index contributed by atoms with van der Waals surface area (Å²) in [6, 6.07) is 6.36. The lowest BCUT2D eigenvalue weighted by atomic mass is 10.1. The largest absolute Gasteiger partial charge is 0.418 e. The van der Waals surface area contributed by atoms with Gasteiger partial charge in [-0.25, -0.2) is 19.5 Å². The number of hydrogen-bond acceptors (Lipinski definition) is 7. The number of aromatic nitrogens is 5. The maximum Gasteiger partial charge on any atom is 0.418 e. The van der Waals surface area contributed by atoms with Gasteiger partial charge in [0.15, 0.2) is 0 Å². The van der Waals surface area contributed by atoms with Crippen molar-refractivity contribution in [2.24, 2.45) is 0 Å². The third kappa shape index (κ3) is 5.62. The number of carbonyl (C=O) groups excluding carboxylic acids is 2. The number of carbonyl (C=O) groups is 2. The molecule has 0 aliphatic carbocycles. The monoisotopic (exact) mass is 589 g/mol. The molecule has 0 saturated carbocycles. The van der Waals surface area contributed by atoms with Gasteiger partial charge in [-0.3, -0.25) is 9.59 Å². The molecule has 9 nitrogen and oxygen atoms in total. The summed E-state index contributed by atoms with van der Waals surface area (Å²) in [6.45, 7) is 1.66. The van der Waals surface area contributed by atoms with Crippen LogP contribution >= 0.6 is 22.9 Å². The zero-order valence-electron chi connectivity index (χ0n) is 20.2. The Kier molecular flexibility index (Phi) is 7.21. The van der Waals surface area contributed by atoms with E-state index < -0.39 is 40.6 Å². The van der Waals surface area contributed by atoms with Crippen LogP contribution in [-0.4, -0.2) is 36.4 Å². The van der Waals surface area contributed by atoms with E-state index in [-0.39, 0.29) is 17.1 Å². The van der Waals surface area contributed by atoms with Crippen molar-refractivity contribution in [2.45, 2.75) is 19.1 Å². The Balaban J connectivity index is 1.27. The van der Waals surface area contributed by atoms with E-state index in [1.165, 1.54) is 28.4 Å². The van der Waals surface area contributed by atoms with Gasteiger partial charge in [-0.1, -0.05) is 17.7 Å². The second kappa shape index (κ2) is 10.6. The summed E-state index contributed by atoms with van der Waals surface area (Å²) in [7, 11) is 0. The molecule has 40 heavy (non-hydrogen) atoms. The predicted molar refractivity (Wildman–Crippen MR) is 139 cm³/mol. The van der Waals surface area contributed by atoms with E-state index in [0.717, 1.165) is 17.5 Å².